The van der Waals surface area contributed by atoms with E-state index in [0.29, 0.717) is 16.3 Å². The van der Waals surface area contributed by atoms with Gasteiger partial charge in [-0.25, -0.2) is 18.2 Å². The van der Waals surface area contributed by atoms with Gasteiger partial charge < -0.3 is 11.1 Å². The summed E-state index contributed by atoms with van der Waals surface area (Å²) in [5.74, 6) is -4.36. The number of benzene rings is 1. The van der Waals surface area contributed by atoms with Crippen LogP contribution in [0.25, 0.3) is 0 Å². The fourth-order valence-corrected chi connectivity index (χ4v) is 3.76. The van der Waals surface area contributed by atoms with Gasteiger partial charge in [-0.15, -0.1) is 0 Å². The molecule has 2 aliphatic rings. The lowest BCUT2D eigenvalue weighted by molar-refractivity contribution is -0.120. The number of fused-ring (bicyclic) bond motifs is 2. The lowest BCUT2D eigenvalue weighted by Gasteiger charge is -2.50. The molecule has 1 aliphatic carbocycles. The van der Waals surface area contributed by atoms with Crippen molar-refractivity contribution in [2.75, 3.05) is 5.32 Å². The molecule has 4 rings (SSSR count). The molecule has 3 N–H and O–H groups in total. The second kappa shape index (κ2) is 5.94. The number of amides is 1. The number of aliphatic imine (C=N–C) groups is 1. The topological polar surface area (TPSA) is 80.4 Å². The number of carbonyl (C=O) groups excluding carboxylic acids is 1. The van der Waals surface area contributed by atoms with Gasteiger partial charge in [-0.1, -0.05) is 17.7 Å². The molecule has 2 atom stereocenters. The van der Waals surface area contributed by atoms with E-state index in [1.807, 2.05) is 0 Å². The molecule has 2 aromatic rings. The smallest absolute Gasteiger partial charge is 0.280 e. The van der Waals surface area contributed by atoms with Crippen LogP contribution in [0.5, 0.6) is 0 Å². The van der Waals surface area contributed by atoms with Crippen molar-refractivity contribution in [1.82, 2.24) is 4.98 Å². The van der Waals surface area contributed by atoms with E-state index in [-0.39, 0.29) is 17.7 Å². The third-order valence-corrected chi connectivity index (χ3v) is 5.45. The van der Waals surface area contributed by atoms with Crippen molar-refractivity contribution in [2.45, 2.75) is 36.9 Å². The van der Waals surface area contributed by atoms with Crippen LogP contribution < -0.4 is 11.1 Å². The number of alkyl halides is 3. The average molecular weight is 409 g/mol. The summed E-state index contributed by atoms with van der Waals surface area (Å²) in [4.78, 5) is 20.1. The third kappa shape index (κ3) is 2.74. The Morgan fingerprint density at radius 1 is 1.25 bits per heavy atom. The van der Waals surface area contributed by atoms with E-state index in [4.69, 9.17) is 17.3 Å². The number of rotatable bonds is 2. The van der Waals surface area contributed by atoms with Crippen LogP contribution in [-0.4, -0.2) is 28.3 Å². The van der Waals surface area contributed by atoms with Crippen molar-refractivity contribution in [1.29, 1.82) is 0 Å². The first-order valence-electron chi connectivity index (χ1n) is 8.53. The number of hydrogen-bond donors (Lipinski definition) is 2. The minimum Gasteiger partial charge on any atom is -0.385 e. The molecule has 0 saturated heterocycles. The Hall–Kier alpha value is -2.61. The number of pyridine rings is 1. The maximum Gasteiger partial charge on any atom is 0.280 e. The van der Waals surface area contributed by atoms with Crippen LogP contribution in [0.2, 0.25) is 5.02 Å². The van der Waals surface area contributed by atoms with Gasteiger partial charge >= 0.3 is 0 Å². The van der Waals surface area contributed by atoms with Crippen LogP contribution >= 0.6 is 11.6 Å². The molecule has 9 heteroatoms. The molecule has 146 valence electrons. The summed E-state index contributed by atoms with van der Waals surface area (Å²) in [6.45, 7) is 1.00. The van der Waals surface area contributed by atoms with Crippen molar-refractivity contribution in [3.8, 4) is 0 Å². The number of amidine groups is 1. The number of halogens is 4. The summed E-state index contributed by atoms with van der Waals surface area (Å²) in [6, 6.07) is 7.63. The van der Waals surface area contributed by atoms with Gasteiger partial charge in [0.05, 0.1) is 11.4 Å². The first kappa shape index (κ1) is 18.7. The van der Waals surface area contributed by atoms with Crippen molar-refractivity contribution in [3.05, 3.63) is 58.4 Å². The lowest BCUT2D eigenvalue weighted by atomic mass is 9.63. The first-order valence-corrected chi connectivity index (χ1v) is 8.91. The summed E-state index contributed by atoms with van der Waals surface area (Å²) < 4.78 is 44.0. The van der Waals surface area contributed by atoms with Crippen LogP contribution in [-0.2, 0) is 12.0 Å². The first-order chi connectivity index (χ1) is 13.0. The van der Waals surface area contributed by atoms with Crippen molar-refractivity contribution in [3.63, 3.8) is 0 Å². The molecule has 0 bridgehead atoms. The molecule has 5 nitrogen and oxygen atoms in total. The van der Waals surface area contributed by atoms with Gasteiger partial charge in [0.15, 0.2) is 11.2 Å². The monoisotopic (exact) mass is 408 g/mol. The zero-order valence-electron chi connectivity index (χ0n) is 14.8. The van der Waals surface area contributed by atoms with Gasteiger partial charge in [-0.05, 0) is 42.3 Å². The molecular formula is C19H16ClF3N4O. The van der Waals surface area contributed by atoms with Gasteiger partial charge in [0, 0.05) is 18.3 Å². The highest BCUT2D eigenvalue weighted by Gasteiger charge is 2.66. The Bertz CT molecular complexity index is 1010. The lowest BCUT2D eigenvalue weighted by Crippen LogP contribution is -2.61. The Kier molecular flexibility index (Phi) is 3.98. The number of anilines is 1. The predicted octanol–water partition coefficient (Wildman–Crippen LogP) is 3.86. The van der Waals surface area contributed by atoms with Gasteiger partial charge in [0.2, 0.25) is 0 Å². The summed E-state index contributed by atoms with van der Waals surface area (Å²) in [5.41, 5.74) is 2.68. The van der Waals surface area contributed by atoms with E-state index in [1.54, 1.807) is 12.1 Å². The SMILES string of the molecule is C[C@]1(F)CC(F)(F)[C@]2(Cc3ccc(NC(=O)c4ccc(Cl)cn4)cc32)N=C1N. The molecule has 1 spiro atoms. The second-order valence-corrected chi connectivity index (χ2v) is 7.74. The molecule has 0 fully saturated rings. The largest absolute Gasteiger partial charge is 0.385 e. The highest BCUT2D eigenvalue weighted by molar-refractivity contribution is 6.30. The minimum absolute atomic E-state index is 0.0426. The number of carbonyl (C=O) groups is 1. The summed E-state index contributed by atoms with van der Waals surface area (Å²) in [7, 11) is 0. The summed E-state index contributed by atoms with van der Waals surface area (Å²) >= 11 is 5.75. The van der Waals surface area contributed by atoms with E-state index in [9.17, 15) is 18.0 Å². The van der Waals surface area contributed by atoms with Crippen LogP contribution in [0.4, 0.5) is 18.9 Å². The van der Waals surface area contributed by atoms with Crippen LogP contribution in [0, 0.1) is 0 Å². The Labute approximate surface area is 163 Å². The predicted molar refractivity (Wildman–Crippen MR) is 99.7 cm³/mol. The number of nitrogens with two attached hydrogens (primary N) is 1. The second-order valence-electron chi connectivity index (χ2n) is 7.30. The Balaban J connectivity index is 1.66. The van der Waals surface area contributed by atoms with Gasteiger partial charge in [0.25, 0.3) is 11.8 Å². The van der Waals surface area contributed by atoms with E-state index in [1.165, 1.54) is 24.4 Å². The standard InChI is InChI=1S/C19H16ClF3N4O/c1-17(21)9-19(22,23)18(27-16(17)24)7-10-2-4-12(6-13(10)18)26-15(28)14-5-3-11(20)8-25-14/h2-6,8H,7,9H2,1H3,(H2,24,27)(H,26,28)/t17-,18+/m0/s1. The van der Waals surface area contributed by atoms with Gasteiger partial charge in [-0.3, -0.25) is 9.79 Å². The molecule has 2 heterocycles. The quantitative estimate of drug-likeness (QED) is 0.791. The van der Waals surface area contributed by atoms with E-state index in [0.717, 1.165) is 6.92 Å². The summed E-state index contributed by atoms with van der Waals surface area (Å²) in [5, 5.41) is 3.00. The molecule has 1 aromatic carbocycles. The molecule has 0 unspecified atom stereocenters. The van der Waals surface area contributed by atoms with Crippen molar-refractivity contribution >= 4 is 29.0 Å². The van der Waals surface area contributed by atoms with Gasteiger partial charge in [-0.2, -0.15) is 0 Å². The minimum atomic E-state index is -3.41. The molecular weight excluding hydrogens is 393 g/mol. The fourth-order valence-electron chi connectivity index (χ4n) is 3.65. The molecule has 28 heavy (non-hydrogen) atoms. The van der Waals surface area contributed by atoms with Crippen molar-refractivity contribution in [2.24, 2.45) is 10.7 Å². The van der Waals surface area contributed by atoms with Crippen LogP contribution in [0.15, 0.2) is 41.5 Å². The Morgan fingerprint density at radius 3 is 2.68 bits per heavy atom. The zero-order valence-corrected chi connectivity index (χ0v) is 15.5. The molecule has 0 saturated carbocycles. The normalized spacial score (nSPS) is 27.5. The highest BCUT2D eigenvalue weighted by Crippen LogP contribution is 2.57. The number of hydrogen-bond acceptors (Lipinski definition) is 4. The highest BCUT2D eigenvalue weighted by atomic mass is 35.5. The molecule has 1 aliphatic heterocycles. The molecule has 1 amide bonds. The van der Waals surface area contributed by atoms with Crippen LogP contribution in [0.1, 0.15) is 35.0 Å². The van der Waals surface area contributed by atoms with E-state index >= 15 is 0 Å². The van der Waals surface area contributed by atoms with E-state index < -0.39 is 35.3 Å². The number of nitrogens with one attached hydrogen (secondary N) is 1. The van der Waals surface area contributed by atoms with Gasteiger partial charge in [0.1, 0.15) is 11.5 Å². The maximum absolute atomic E-state index is 14.8. The molecule has 0 radical (unpaired) electrons. The van der Waals surface area contributed by atoms with Crippen LogP contribution in [0.3, 0.4) is 0 Å². The Morgan fingerprint density at radius 2 is 2.00 bits per heavy atom. The zero-order chi connectivity index (χ0) is 20.3. The number of nitrogens with zero attached hydrogens (tertiary/aromatic N) is 2. The average Bonchev–Trinajstić information content (AvgIpc) is 2.59. The fraction of sp³-hybridized carbons (Fsp3) is 0.316. The summed E-state index contributed by atoms with van der Waals surface area (Å²) in [6.07, 6.45) is 0.246. The van der Waals surface area contributed by atoms with Crippen molar-refractivity contribution < 1.29 is 18.0 Å². The number of aromatic nitrogens is 1. The third-order valence-electron chi connectivity index (χ3n) is 5.22. The maximum atomic E-state index is 14.8. The molecule has 1 aromatic heterocycles. The van der Waals surface area contributed by atoms with E-state index in [2.05, 4.69) is 15.3 Å².